The number of benzene rings is 1. The molecule has 5 nitrogen and oxygen atoms in total. The molecule has 1 N–H and O–H groups in total. The topological polar surface area (TPSA) is 62.3 Å². The van der Waals surface area contributed by atoms with Crippen LogP contribution in [0.5, 0.6) is 0 Å². The van der Waals surface area contributed by atoms with Gasteiger partial charge in [-0.25, -0.2) is 12.7 Å². The highest BCUT2D eigenvalue weighted by atomic mass is 32.2. The SMILES string of the molecule is CCS(=O)(=O)N1CC(CNc2ccnc3c(C)cccc23)C1. The summed E-state index contributed by atoms with van der Waals surface area (Å²) in [5.74, 6) is 0.552. The Morgan fingerprint density at radius 1 is 1.32 bits per heavy atom. The van der Waals surface area contributed by atoms with Crippen molar-refractivity contribution in [1.29, 1.82) is 0 Å². The van der Waals surface area contributed by atoms with Crippen LogP contribution in [-0.4, -0.2) is 43.1 Å². The van der Waals surface area contributed by atoms with E-state index in [9.17, 15) is 8.42 Å². The third kappa shape index (κ3) is 2.80. The Balaban J connectivity index is 1.66. The van der Waals surface area contributed by atoms with Crippen molar-refractivity contribution in [2.45, 2.75) is 13.8 Å². The zero-order chi connectivity index (χ0) is 15.7. The first-order chi connectivity index (χ1) is 10.5. The van der Waals surface area contributed by atoms with Crippen LogP contribution in [0.15, 0.2) is 30.5 Å². The molecule has 2 heterocycles. The number of nitrogens with one attached hydrogen (secondary N) is 1. The van der Waals surface area contributed by atoms with E-state index in [1.807, 2.05) is 18.3 Å². The summed E-state index contributed by atoms with van der Waals surface area (Å²) in [4.78, 5) is 4.43. The number of nitrogens with zero attached hydrogens (tertiary/aromatic N) is 2. The van der Waals surface area contributed by atoms with Crippen molar-refractivity contribution in [3.63, 3.8) is 0 Å². The molecule has 1 aliphatic heterocycles. The molecule has 1 aromatic heterocycles. The molecule has 0 spiro atoms. The molecule has 1 aliphatic rings. The van der Waals surface area contributed by atoms with Gasteiger partial charge in [0.1, 0.15) is 0 Å². The zero-order valence-electron chi connectivity index (χ0n) is 12.9. The quantitative estimate of drug-likeness (QED) is 0.918. The molecule has 1 aromatic carbocycles. The van der Waals surface area contributed by atoms with E-state index in [1.165, 1.54) is 0 Å². The molecule has 0 radical (unpaired) electrons. The van der Waals surface area contributed by atoms with Gasteiger partial charge in [-0.15, -0.1) is 0 Å². The predicted octanol–water partition coefficient (Wildman–Crippen LogP) is 2.24. The van der Waals surface area contributed by atoms with E-state index in [2.05, 4.69) is 29.4 Å². The summed E-state index contributed by atoms with van der Waals surface area (Å²) in [5.41, 5.74) is 3.23. The number of pyridine rings is 1. The number of hydrogen-bond acceptors (Lipinski definition) is 4. The van der Waals surface area contributed by atoms with E-state index >= 15 is 0 Å². The minimum absolute atomic E-state index is 0.182. The highest BCUT2D eigenvalue weighted by molar-refractivity contribution is 7.89. The average molecular weight is 319 g/mol. The first-order valence-electron chi connectivity index (χ1n) is 7.57. The first kappa shape index (κ1) is 15.2. The lowest BCUT2D eigenvalue weighted by molar-refractivity contribution is 0.212. The molecule has 0 atom stereocenters. The molecule has 1 saturated heterocycles. The minimum atomic E-state index is -3.02. The van der Waals surface area contributed by atoms with Gasteiger partial charge in [0.2, 0.25) is 10.0 Å². The monoisotopic (exact) mass is 319 g/mol. The molecule has 0 unspecified atom stereocenters. The molecule has 6 heteroatoms. The minimum Gasteiger partial charge on any atom is -0.384 e. The number of fused-ring (bicyclic) bond motifs is 1. The Kier molecular flexibility index (Phi) is 4.06. The number of hydrogen-bond donors (Lipinski definition) is 1. The van der Waals surface area contributed by atoms with Crippen molar-refractivity contribution in [3.8, 4) is 0 Å². The highest BCUT2D eigenvalue weighted by Crippen LogP contribution is 2.25. The van der Waals surface area contributed by atoms with Gasteiger partial charge in [-0.05, 0) is 25.5 Å². The van der Waals surface area contributed by atoms with Crippen LogP contribution in [0.3, 0.4) is 0 Å². The summed E-state index contributed by atoms with van der Waals surface area (Å²) < 4.78 is 25.0. The van der Waals surface area contributed by atoms with Crippen molar-refractivity contribution in [2.75, 3.05) is 30.7 Å². The lowest BCUT2D eigenvalue weighted by Crippen LogP contribution is -2.52. The molecule has 3 rings (SSSR count). The molecule has 0 aliphatic carbocycles. The van der Waals surface area contributed by atoms with Crippen LogP contribution in [0.1, 0.15) is 12.5 Å². The van der Waals surface area contributed by atoms with Crippen molar-refractivity contribution >= 4 is 26.6 Å². The highest BCUT2D eigenvalue weighted by Gasteiger charge is 2.34. The van der Waals surface area contributed by atoms with Crippen molar-refractivity contribution in [1.82, 2.24) is 9.29 Å². The van der Waals surface area contributed by atoms with Crippen LogP contribution in [-0.2, 0) is 10.0 Å². The Morgan fingerprint density at radius 3 is 2.82 bits per heavy atom. The van der Waals surface area contributed by atoms with Gasteiger partial charge >= 0.3 is 0 Å². The smallest absolute Gasteiger partial charge is 0.213 e. The van der Waals surface area contributed by atoms with Gasteiger partial charge in [-0.1, -0.05) is 18.2 Å². The van der Waals surface area contributed by atoms with Gasteiger partial charge in [0.15, 0.2) is 0 Å². The van der Waals surface area contributed by atoms with Crippen LogP contribution < -0.4 is 5.32 Å². The molecule has 0 bridgehead atoms. The molecular formula is C16H21N3O2S. The Hall–Kier alpha value is -1.66. The van der Waals surface area contributed by atoms with E-state index in [1.54, 1.807) is 11.2 Å². The third-order valence-corrected chi connectivity index (χ3v) is 6.05. The van der Waals surface area contributed by atoms with E-state index in [-0.39, 0.29) is 5.75 Å². The summed E-state index contributed by atoms with van der Waals surface area (Å²) in [6.45, 7) is 5.75. The van der Waals surface area contributed by atoms with Crippen molar-refractivity contribution in [2.24, 2.45) is 5.92 Å². The second-order valence-corrected chi connectivity index (χ2v) is 8.05. The van der Waals surface area contributed by atoms with Gasteiger partial charge in [0, 0.05) is 42.8 Å². The maximum Gasteiger partial charge on any atom is 0.213 e. The summed E-state index contributed by atoms with van der Waals surface area (Å²) >= 11 is 0. The Bertz CT molecular complexity index is 783. The maximum atomic E-state index is 11.7. The standard InChI is InChI=1S/C16H21N3O2S/c1-3-22(20,21)19-10-13(11-19)9-18-15-7-8-17-16-12(2)5-4-6-14(15)16/h4-8,13H,3,9-11H2,1-2H3,(H,17,18). The number of aromatic nitrogens is 1. The summed E-state index contributed by atoms with van der Waals surface area (Å²) in [5, 5.41) is 4.56. The molecule has 2 aromatic rings. The lowest BCUT2D eigenvalue weighted by atomic mass is 10.0. The van der Waals surface area contributed by atoms with E-state index in [0.717, 1.165) is 28.7 Å². The summed E-state index contributed by atoms with van der Waals surface area (Å²) in [6, 6.07) is 8.12. The number of anilines is 1. The van der Waals surface area contributed by atoms with E-state index in [4.69, 9.17) is 0 Å². The van der Waals surface area contributed by atoms with Gasteiger partial charge in [0.05, 0.1) is 11.3 Å². The average Bonchev–Trinajstić information content (AvgIpc) is 2.46. The molecule has 1 fully saturated rings. The molecule has 0 amide bonds. The summed E-state index contributed by atoms with van der Waals surface area (Å²) in [7, 11) is -3.02. The van der Waals surface area contributed by atoms with Crippen LogP contribution in [0, 0.1) is 12.8 Å². The number of aryl methyl sites for hydroxylation is 1. The van der Waals surface area contributed by atoms with Crippen molar-refractivity contribution < 1.29 is 8.42 Å². The maximum absolute atomic E-state index is 11.7. The molecule has 22 heavy (non-hydrogen) atoms. The van der Waals surface area contributed by atoms with Gasteiger partial charge in [-0.2, -0.15) is 0 Å². The number of para-hydroxylation sites is 1. The molecular weight excluding hydrogens is 298 g/mol. The van der Waals surface area contributed by atoms with Gasteiger partial charge < -0.3 is 5.32 Å². The fourth-order valence-electron chi connectivity index (χ4n) is 2.79. The lowest BCUT2D eigenvalue weighted by Gasteiger charge is -2.38. The fraction of sp³-hybridized carbons (Fsp3) is 0.438. The molecule has 0 saturated carbocycles. The number of rotatable bonds is 5. The van der Waals surface area contributed by atoms with Crippen LogP contribution in [0.2, 0.25) is 0 Å². The Labute approximate surface area is 131 Å². The third-order valence-electron chi connectivity index (χ3n) is 4.24. The zero-order valence-corrected chi connectivity index (χ0v) is 13.7. The van der Waals surface area contributed by atoms with Crippen LogP contribution in [0.25, 0.3) is 10.9 Å². The van der Waals surface area contributed by atoms with E-state index in [0.29, 0.717) is 19.0 Å². The predicted molar refractivity (Wildman–Crippen MR) is 89.5 cm³/mol. The fourth-order valence-corrected chi connectivity index (χ4v) is 4.03. The second-order valence-electron chi connectivity index (χ2n) is 5.79. The number of sulfonamides is 1. The van der Waals surface area contributed by atoms with Gasteiger partial charge in [-0.3, -0.25) is 4.98 Å². The van der Waals surface area contributed by atoms with Crippen LogP contribution in [0.4, 0.5) is 5.69 Å². The second kappa shape index (κ2) is 5.85. The first-order valence-corrected chi connectivity index (χ1v) is 9.18. The summed E-state index contributed by atoms with van der Waals surface area (Å²) in [6.07, 6.45) is 1.81. The van der Waals surface area contributed by atoms with Crippen molar-refractivity contribution in [3.05, 3.63) is 36.0 Å². The molecule has 118 valence electrons. The van der Waals surface area contributed by atoms with Gasteiger partial charge in [0.25, 0.3) is 0 Å². The normalized spacial score (nSPS) is 16.6. The largest absolute Gasteiger partial charge is 0.384 e. The van der Waals surface area contributed by atoms with E-state index < -0.39 is 10.0 Å². The van der Waals surface area contributed by atoms with Crippen LogP contribution >= 0.6 is 0 Å². The Morgan fingerprint density at radius 2 is 2.09 bits per heavy atom.